The summed E-state index contributed by atoms with van der Waals surface area (Å²) < 4.78 is 13.6. The Balaban J connectivity index is 0.000000166. The molecule has 0 atom stereocenters. The molecule has 7 aromatic rings. The number of rotatable bonds is 6. The first-order valence-corrected chi connectivity index (χ1v) is 18.8. The van der Waals surface area contributed by atoms with Crippen LogP contribution in [0.1, 0.15) is 39.6 Å². The summed E-state index contributed by atoms with van der Waals surface area (Å²) in [5.41, 5.74) is 1.70. The molecule has 52 heavy (non-hydrogen) atoms. The van der Waals surface area contributed by atoms with Crippen LogP contribution >= 0.6 is 92.3 Å². The summed E-state index contributed by atoms with van der Waals surface area (Å²) in [7, 11) is 0. The van der Waals surface area contributed by atoms with Crippen LogP contribution < -0.4 is 5.43 Å². The Bertz CT molecular complexity index is 2560. The van der Waals surface area contributed by atoms with E-state index in [-0.39, 0.29) is 45.6 Å². The molecule has 268 valence electrons. The predicted octanol–water partition coefficient (Wildman–Crippen LogP) is 10.4. The zero-order valence-corrected chi connectivity index (χ0v) is 32.9. The van der Waals surface area contributed by atoms with Gasteiger partial charge >= 0.3 is 11.9 Å². The minimum Gasteiger partial charge on any atom is -0.466 e. The number of thiazole rings is 2. The van der Waals surface area contributed by atoms with Crippen LogP contribution in [0.25, 0.3) is 36.3 Å². The highest BCUT2D eigenvalue weighted by Gasteiger charge is 2.23. The molecule has 0 aliphatic rings. The van der Waals surface area contributed by atoms with Gasteiger partial charge in [0.05, 0.1) is 51.0 Å². The number of ether oxygens (including phenoxy) is 2. The fraction of sp³-hybridized carbons (Fsp3) is 0.147. The van der Waals surface area contributed by atoms with Crippen molar-refractivity contribution < 1.29 is 23.9 Å². The fourth-order valence-corrected chi connectivity index (χ4v) is 7.88. The maximum atomic E-state index is 12.9. The molecule has 0 spiro atoms. The Morgan fingerprint density at radius 2 is 1.42 bits per heavy atom. The van der Waals surface area contributed by atoms with Gasteiger partial charge in [0.1, 0.15) is 30.9 Å². The van der Waals surface area contributed by atoms with Gasteiger partial charge in [0, 0.05) is 10.0 Å². The van der Waals surface area contributed by atoms with Crippen molar-refractivity contribution in [3.05, 3.63) is 113 Å². The molecule has 0 aliphatic heterocycles. The second kappa shape index (κ2) is 17.5. The van der Waals surface area contributed by atoms with E-state index in [2.05, 4.69) is 15.0 Å². The summed E-state index contributed by atoms with van der Waals surface area (Å²) in [4.78, 5) is 59.9. The number of esters is 2. The SMILES string of the molecule is CCOC(=O)Cc1nc2cc(Cl)ccc2s1.CCOC(=O)c1c(=O)c2ccc(Cl)nc2n2c1sc1ccc(Cl)cc12.O=C(Cl)c1ccc(Cl)nc1Cl. The van der Waals surface area contributed by atoms with Crippen LogP contribution in [0.2, 0.25) is 25.5 Å². The highest BCUT2D eigenvalue weighted by atomic mass is 35.5. The van der Waals surface area contributed by atoms with Gasteiger partial charge in [0.15, 0.2) is 5.65 Å². The highest BCUT2D eigenvalue weighted by Crippen LogP contribution is 2.33. The summed E-state index contributed by atoms with van der Waals surface area (Å²) in [6, 6.07) is 16.8. The van der Waals surface area contributed by atoms with E-state index in [0.29, 0.717) is 32.5 Å². The van der Waals surface area contributed by atoms with Gasteiger partial charge in [-0.3, -0.25) is 18.8 Å². The summed E-state index contributed by atoms with van der Waals surface area (Å²) >= 11 is 37.0. The van der Waals surface area contributed by atoms with E-state index in [4.69, 9.17) is 79.1 Å². The van der Waals surface area contributed by atoms with Gasteiger partial charge in [-0.25, -0.2) is 19.7 Å². The number of fused-ring (bicyclic) bond motifs is 6. The van der Waals surface area contributed by atoms with E-state index < -0.39 is 16.6 Å². The van der Waals surface area contributed by atoms with E-state index in [1.54, 1.807) is 42.5 Å². The highest BCUT2D eigenvalue weighted by molar-refractivity contribution is 7.24. The van der Waals surface area contributed by atoms with Gasteiger partial charge in [-0.05, 0) is 86.1 Å². The average molecular weight is 859 g/mol. The molecule has 0 fully saturated rings. The minimum absolute atomic E-state index is 0.00389. The molecule has 0 radical (unpaired) electrons. The van der Waals surface area contributed by atoms with Crippen molar-refractivity contribution >= 4 is 146 Å². The summed E-state index contributed by atoms with van der Waals surface area (Å²) in [5.74, 6) is -0.896. The summed E-state index contributed by atoms with van der Waals surface area (Å²) in [5, 5.41) is 2.12. The van der Waals surface area contributed by atoms with Crippen molar-refractivity contribution in [1.82, 2.24) is 19.4 Å². The summed E-state index contributed by atoms with van der Waals surface area (Å²) in [6.45, 7) is 4.06. The van der Waals surface area contributed by atoms with E-state index in [1.807, 2.05) is 18.2 Å². The van der Waals surface area contributed by atoms with Crippen molar-refractivity contribution in [2.45, 2.75) is 20.3 Å². The average Bonchev–Trinajstić information content (AvgIpc) is 3.65. The minimum atomic E-state index is -0.653. The van der Waals surface area contributed by atoms with Crippen molar-refractivity contribution in [1.29, 1.82) is 0 Å². The fourth-order valence-electron chi connectivity index (χ4n) is 4.69. The summed E-state index contributed by atoms with van der Waals surface area (Å²) in [6.07, 6.45) is 0.227. The molecule has 0 bridgehead atoms. The third kappa shape index (κ3) is 9.12. The second-order valence-corrected chi connectivity index (χ2v) is 14.7. The van der Waals surface area contributed by atoms with Gasteiger partial charge < -0.3 is 9.47 Å². The predicted molar refractivity (Wildman–Crippen MR) is 210 cm³/mol. The molecule has 0 saturated heterocycles. The molecule has 7 rings (SSSR count). The number of pyridine rings is 3. The van der Waals surface area contributed by atoms with Gasteiger partial charge in [-0.2, -0.15) is 0 Å². The lowest BCUT2D eigenvalue weighted by atomic mass is 10.2. The van der Waals surface area contributed by atoms with Crippen molar-refractivity contribution in [3.8, 4) is 0 Å². The Labute approximate surface area is 332 Å². The lowest BCUT2D eigenvalue weighted by Gasteiger charge is -2.07. The van der Waals surface area contributed by atoms with Crippen LogP contribution in [0.3, 0.4) is 0 Å². The normalized spacial score (nSPS) is 10.8. The monoisotopic (exact) mass is 856 g/mol. The largest absolute Gasteiger partial charge is 0.466 e. The maximum absolute atomic E-state index is 12.9. The lowest BCUT2D eigenvalue weighted by Crippen LogP contribution is -2.20. The number of carbonyl (C=O) groups excluding carboxylic acids is 3. The molecule has 18 heteroatoms. The van der Waals surface area contributed by atoms with E-state index in [0.717, 1.165) is 25.4 Å². The van der Waals surface area contributed by atoms with Crippen LogP contribution in [0.5, 0.6) is 0 Å². The topological polar surface area (TPSA) is 130 Å². The quantitative estimate of drug-likeness (QED) is 0.0911. The Kier molecular flexibility index (Phi) is 13.3. The van der Waals surface area contributed by atoms with Gasteiger partial charge in [0.2, 0.25) is 5.43 Å². The maximum Gasteiger partial charge on any atom is 0.345 e. The molecule has 10 nitrogen and oxygen atoms in total. The number of nitrogens with zero attached hydrogens (tertiary/aromatic N) is 4. The van der Waals surface area contributed by atoms with Crippen molar-refractivity contribution in [3.63, 3.8) is 0 Å². The van der Waals surface area contributed by atoms with Crippen LogP contribution in [-0.2, 0) is 20.7 Å². The van der Waals surface area contributed by atoms with Crippen molar-refractivity contribution in [2.75, 3.05) is 13.2 Å². The smallest absolute Gasteiger partial charge is 0.345 e. The number of halogens is 6. The molecule has 0 saturated carbocycles. The first-order valence-electron chi connectivity index (χ1n) is 14.9. The molecular weight excluding hydrogens is 837 g/mol. The molecule has 5 heterocycles. The molecule has 0 N–H and O–H groups in total. The third-order valence-electron chi connectivity index (χ3n) is 6.81. The van der Waals surface area contributed by atoms with E-state index in [1.165, 1.54) is 40.9 Å². The van der Waals surface area contributed by atoms with Gasteiger partial charge in [0.25, 0.3) is 5.24 Å². The zero-order valence-electron chi connectivity index (χ0n) is 26.7. The number of benzene rings is 2. The molecule has 5 aromatic heterocycles. The van der Waals surface area contributed by atoms with Gasteiger partial charge in [-0.15, -0.1) is 22.7 Å². The molecule has 0 unspecified atom stereocenters. The number of aromatic nitrogens is 4. The van der Waals surface area contributed by atoms with Crippen molar-refractivity contribution in [2.24, 2.45) is 0 Å². The first-order chi connectivity index (χ1) is 24.8. The number of hydrogen-bond acceptors (Lipinski definition) is 11. The van der Waals surface area contributed by atoms with Gasteiger partial charge in [-0.1, -0.05) is 58.0 Å². The van der Waals surface area contributed by atoms with Crippen LogP contribution in [-0.4, -0.2) is 49.7 Å². The molecule has 0 amide bonds. The van der Waals surface area contributed by atoms with Crippen LogP contribution in [0, 0.1) is 0 Å². The Morgan fingerprint density at radius 3 is 2.10 bits per heavy atom. The second-order valence-electron chi connectivity index (χ2n) is 10.2. The lowest BCUT2D eigenvalue weighted by molar-refractivity contribution is -0.142. The molecule has 0 aliphatic carbocycles. The van der Waals surface area contributed by atoms with Crippen LogP contribution in [0.15, 0.2) is 65.5 Å². The standard InChI is InChI=1S/C17H10Cl2N2O3S.C11H10ClNO2S.C6H2Cl3NO/c1-2-24-17(23)13-14(22)9-4-6-12(19)20-15(9)21-10-7-8(18)3-5-11(10)25-16(13)21;1-2-15-11(14)6-10-13-8-5-7(12)3-4-9(8)16-10;7-4-2-1-3(6(9)11)5(8)10-4/h3-7H,2H2,1H3;3-5H,2,6H2,1H3;1-2H. The third-order valence-corrected chi connectivity index (χ3v) is 10.4. The zero-order chi connectivity index (χ0) is 37.7. The Morgan fingerprint density at radius 1 is 0.769 bits per heavy atom. The molecular formula is C34H22Cl6N4O6S2. The number of hydrogen-bond donors (Lipinski definition) is 0. The Hall–Kier alpha value is -3.59. The first kappa shape index (κ1) is 39.6. The van der Waals surface area contributed by atoms with E-state index >= 15 is 0 Å². The van der Waals surface area contributed by atoms with Crippen LogP contribution in [0.4, 0.5) is 0 Å². The number of carbonyl (C=O) groups is 3. The molecule has 2 aromatic carbocycles. The van der Waals surface area contributed by atoms with E-state index in [9.17, 15) is 19.2 Å².